The molecule has 0 bridgehead atoms. The number of phenolic OH excluding ortho intramolecular Hbond substituents is 1. The van der Waals surface area contributed by atoms with Crippen molar-refractivity contribution in [3.05, 3.63) is 23.8 Å². The lowest BCUT2D eigenvalue weighted by Crippen LogP contribution is -2.38. The predicted molar refractivity (Wildman–Crippen MR) is 65.6 cm³/mol. The molecule has 1 aromatic rings. The molecule has 5 nitrogen and oxygen atoms in total. The van der Waals surface area contributed by atoms with E-state index in [1.807, 2.05) is 0 Å². The number of carbonyl (C=O) groups is 1. The van der Waals surface area contributed by atoms with E-state index in [9.17, 15) is 18.7 Å². The van der Waals surface area contributed by atoms with Crippen LogP contribution in [0.4, 0.5) is 8.78 Å². The number of methoxy groups -OCH3 is 1. The van der Waals surface area contributed by atoms with Gasteiger partial charge in [0, 0.05) is 19.2 Å². The van der Waals surface area contributed by atoms with Gasteiger partial charge < -0.3 is 20.5 Å². The quantitative estimate of drug-likeness (QED) is 0.813. The Balaban J connectivity index is 2.95. The van der Waals surface area contributed by atoms with Crippen LogP contribution in [0.2, 0.25) is 0 Å². The average molecular weight is 274 g/mol. The minimum Gasteiger partial charge on any atom is -0.507 e. The van der Waals surface area contributed by atoms with Gasteiger partial charge in [0.1, 0.15) is 11.5 Å². The largest absolute Gasteiger partial charge is 0.507 e. The first kappa shape index (κ1) is 15.2. The van der Waals surface area contributed by atoms with Gasteiger partial charge in [-0.3, -0.25) is 4.79 Å². The highest BCUT2D eigenvalue weighted by molar-refractivity contribution is 5.97. The van der Waals surface area contributed by atoms with Gasteiger partial charge in [-0.15, -0.1) is 0 Å². The summed E-state index contributed by atoms with van der Waals surface area (Å²) in [5, 5.41) is 9.70. The maximum Gasteiger partial charge on any atom is 0.257 e. The molecule has 0 saturated carbocycles. The molecule has 3 N–H and O–H groups in total. The van der Waals surface area contributed by atoms with Crippen LogP contribution in [0, 0.1) is 0 Å². The Hall–Kier alpha value is -1.89. The molecule has 0 atom stereocenters. The standard InChI is InChI=1S/C12H16F2N2O3/c1-19-8-2-3-9(10(17)6-8)12(18)16(5-4-15)7-11(13)14/h2-3,6,11,17H,4-5,7,15H2,1H3. The van der Waals surface area contributed by atoms with Crippen molar-refractivity contribution in [2.75, 3.05) is 26.7 Å². The van der Waals surface area contributed by atoms with E-state index in [0.29, 0.717) is 5.75 Å². The number of aromatic hydroxyl groups is 1. The highest BCUT2D eigenvalue weighted by Gasteiger charge is 2.21. The summed E-state index contributed by atoms with van der Waals surface area (Å²) in [5.74, 6) is -0.639. The smallest absolute Gasteiger partial charge is 0.257 e. The molecule has 0 radical (unpaired) electrons. The number of hydrogen-bond acceptors (Lipinski definition) is 4. The zero-order chi connectivity index (χ0) is 14.4. The van der Waals surface area contributed by atoms with Crippen molar-refractivity contribution in [2.24, 2.45) is 5.73 Å². The summed E-state index contributed by atoms with van der Waals surface area (Å²) >= 11 is 0. The van der Waals surface area contributed by atoms with Crippen molar-refractivity contribution in [3.63, 3.8) is 0 Å². The lowest BCUT2D eigenvalue weighted by Gasteiger charge is -2.22. The van der Waals surface area contributed by atoms with Crippen LogP contribution in [-0.2, 0) is 0 Å². The van der Waals surface area contributed by atoms with Crippen molar-refractivity contribution in [1.29, 1.82) is 0 Å². The second kappa shape index (κ2) is 6.89. The van der Waals surface area contributed by atoms with E-state index in [0.717, 1.165) is 4.90 Å². The second-order valence-corrected chi connectivity index (χ2v) is 3.81. The molecular weight excluding hydrogens is 258 g/mol. The van der Waals surface area contributed by atoms with E-state index in [-0.39, 0.29) is 24.4 Å². The molecule has 0 aliphatic heterocycles. The highest BCUT2D eigenvalue weighted by atomic mass is 19.3. The molecule has 7 heteroatoms. The Morgan fingerprint density at radius 1 is 1.53 bits per heavy atom. The number of phenols is 1. The number of ether oxygens (including phenoxy) is 1. The number of hydrogen-bond donors (Lipinski definition) is 2. The van der Waals surface area contributed by atoms with Crippen molar-refractivity contribution >= 4 is 5.91 Å². The van der Waals surface area contributed by atoms with Gasteiger partial charge in [0.25, 0.3) is 12.3 Å². The number of amides is 1. The molecule has 0 saturated heterocycles. The fourth-order valence-electron chi connectivity index (χ4n) is 1.59. The molecule has 0 unspecified atom stereocenters. The molecule has 0 heterocycles. The summed E-state index contributed by atoms with van der Waals surface area (Å²) in [5.41, 5.74) is 5.22. The third kappa shape index (κ3) is 4.06. The van der Waals surface area contributed by atoms with E-state index in [2.05, 4.69) is 0 Å². The number of rotatable bonds is 6. The number of nitrogens with two attached hydrogens (primary N) is 1. The topological polar surface area (TPSA) is 75.8 Å². The van der Waals surface area contributed by atoms with Gasteiger partial charge in [0.2, 0.25) is 0 Å². The minimum atomic E-state index is -2.66. The van der Waals surface area contributed by atoms with Gasteiger partial charge in [-0.25, -0.2) is 8.78 Å². The maximum absolute atomic E-state index is 12.4. The summed E-state index contributed by atoms with van der Waals surface area (Å²) in [6.45, 7) is -0.661. The maximum atomic E-state index is 12.4. The van der Waals surface area contributed by atoms with Gasteiger partial charge >= 0.3 is 0 Å². The van der Waals surface area contributed by atoms with E-state index in [4.69, 9.17) is 10.5 Å². The molecule has 1 aromatic carbocycles. The van der Waals surface area contributed by atoms with Gasteiger partial charge in [0.05, 0.1) is 19.2 Å². The van der Waals surface area contributed by atoms with Crippen LogP contribution in [0.1, 0.15) is 10.4 Å². The van der Waals surface area contributed by atoms with Crippen LogP contribution in [0.25, 0.3) is 0 Å². The van der Waals surface area contributed by atoms with Crippen LogP contribution in [0.15, 0.2) is 18.2 Å². The van der Waals surface area contributed by atoms with E-state index in [1.54, 1.807) is 0 Å². The first-order valence-corrected chi connectivity index (χ1v) is 5.64. The Kier molecular flexibility index (Phi) is 5.50. The monoisotopic (exact) mass is 274 g/mol. The molecule has 106 valence electrons. The molecule has 0 spiro atoms. The predicted octanol–water partition coefficient (Wildman–Crippen LogP) is 1.07. The van der Waals surface area contributed by atoms with Gasteiger partial charge in [-0.1, -0.05) is 0 Å². The van der Waals surface area contributed by atoms with Crippen LogP contribution in [0.3, 0.4) is 0 Å². The van der Waals surface area contributed by atoms with Crippen LogP contribution >= 0.6 is 0 Å². The van der Waals surface area contributed by atoms with Crippen molar-refractivity contribution in [1.82, 2.24) is 4.90 Å². The van der Waals surface area contributed by atoms with Crippen LogP contribution in [0.5, 0.6) is 11.5 Å². The fraction of sp³-hybridized carbons (Fsp3) is 0.417. The molecule has 0 aliphatic rings. The van der Waals surface area contributed by atoms with Gasteiger partial charge in [-0.05, 0) is 12.1 Å². The Morgan fingerprint density at radius 2 is 2.21 bits per heavy atom. The van der Waals surface area contributed by atoms with Crippen LogP contribution in [-0.4, -0.2) is 49.1 Å². The van der Waals surface area contributed by atoms with Gasteiger partial charge in [0.15, 0.2) is 0 Å². The fourth-order valence-corrected chi connectivity index (χ4v) is 1.59. The first-order valence-electron chi connectivity index (χ1n) is 5.64. The van der Waals surface area contributed by atoms with E-state index >= 15 is 0 Å². The molecule has 1 amide bonds. The molecule has 0 aliphatic carbocycles. The zero-order valence-electron chi connectivity index (χ0n) is 10.5. The summed E-state index contributed by atoms with van der Waals surface area (Å²) in [6, 6.07) is 4.04. The normalized spacial score (nSPS) is 10.6. The summed E-state index contributed by atoms with van der Waals surface area (Å²) in [7, 11) is 1.41. The average Bonchev–Trinajstić information content (AvgIpc) is 2.36. The highest BCUT2D eigenvalue weighted by Crippen LogP contribution is 2.24. The van der Waals surface area contributed by atoms with Crippen molar-refractivity contribution in [3.8, 4) is 11.5 Å². The van der Waals surface area contributed by atoms with E-state index < -0.39 is 18.9 Å². The van der Waals surface area contributed by atoms with Crippen LogP contribution < -0.4 is 10.5 Å². The summed E-state index contributed by atoms with van der Waals surface area (Å²) < 4.78 is 29.7. The Morgan fingerprint density at radius 3 is 2.68 bits per heavy atom. The number of carbonyl (C=O) groups excluding carboxylic acids is 1. The zero-order valence-corrected chi connectivity index (χ0v) is 10.5. The molecule has 0 aromatic heterocycles. The minimum absolute atomic E-state index is 0.00531. The molecular formula is C12H16F2N2O3. The molecule has 0 fully saturated rings. The number of benzene rings is 1. The SMILES string of the molecule is COc1ccc(C(=O)N(CCN)CC(F)F)c(O)c1. The summed E-state index contributed by atoms with van der Waals surface area (Å²) in [4.78, 5) is 12.9. The Bertz CT molecular complexity index is 441. The van der Waals surface area contributed by atoms with Crippen molar-refractivity contribution in [2.45, 2.75) is 6.43 Å². The lowest BCUT2D eigenvalue weighted by atomic mass is 10.1. The molecule has 19 heavy (non-hydrogen) atoms. The lowest BCUT2D eigenvalue weighted by molar-refractivity contribution is 0.0560. The van der Waals surface area contributed by atoms with Crippen molar-refractivity contribution < 1.29 is 23.4 Å². The second-order valence-electron chi connectivity index (χ2n) is 3.81. The third-order valence-corrected chi connectivity index (χ3v) is 2.48. The van der Waals surface area contributed by atoms with Gasteiger partial charge in [-0.2, -0.15) is 0 Å². The summed E-state index contributed by atoms with van der Waals surface area (Å²) in [6.07, 6.45) is -2.66. The number of halogens is 2. The van der Waals surface area contributed by atoms with E-state index in [1.165, 1.54) is 25.3 Å². The number of alkyl halides is 2. The number of nitrogens with zero attached hydrogens (tertiary/aromatic N) is 1. The first-order chi connectivity index (χ1) is 8.99. The third-order valence-electron chi connectivity index (χ3n) is 2.48. The molecule has 1 rings (SSSR count). The Labute approximate surface area is 109 Å².